The number of carbonyl (C=O) groups is 2. The number of ether oxygens (including phenoxy) is 5. The van der Waals surface area contributed by atoms with Gasteiger partial charge < -0.3 is 33.9 Å². The molecule has 0 spiro atoms. The fraction of sp³-hybridized carbons (Fsp3) is 0.500. The number of nitrogens with one attached hydrogen (secondary N) is 1. The van der Waals surface area contributed by atoms with Gasteiger partial charge in [-0.05, 0) is 48.4 Å². The average Bonchev–Trinajstić information content (AvgIpc) is 2.96. The quantitative estimate of drug-likeness (QED) is 0.471. The summed E-state index contributed by atoms with van der Waals surface area (Å²) in [6.07, 6.45) is 0.813. The largest absolute Gasteiger partial charge is 0.493 e. The Morgan fingerprint density at radius 3 is 2.24 bits per heavy atom. The van der Waals surface area contributed by atoms with Crippen molar-refractivity contribution in [3.8, 4) is 23.0 Å². The molecule has 1 saturated heterocycles. The van der Waals surface area contributed by atoms with Crippen molar-refractivity contribution < 1.29 is 33.3 Å². The van der Waals surface area contributed by atoms with Gasteiger partial charge >= 0.3 is 0 Å². The van der Waals surface area contributed by atoms with Crippen molar-refractivity contribution in [3.63, 3.8) is 0 Å². The van der Waals surface area contributed by atoms with Crippen LogP contribution in [0, 0.1) is 0 Å². The summed E-state index contributed by atoms with van der Waals surface area (Å²) < 4.78 is 27.3. The van der Waals surface area contributed by atoms with Crippen LogP contribution in [-0.4, -0.2) is 96.5 Å². The molecular weight excluding hydrogens is 490 g/mol. The Bertz CT molecular complexity index is 1150. The number of likely N-dealkylation sites (N-methyl/N-ethyl adjacent to an activating group) is 1. The minimum absolute atomic E-state index is 0.167. The molecule has 0 bridgehead atoms. The van der Waals surface area contributed by atoms with Gasteiger partial charge in [-0.3, -0.25) is 14.5 Å². The molecule has 0 aliphatic carbocycles. The fourth-order valence-corrected chi connectivity index (χ4v) is 5.23. The van der Waals surface area contributed by atoms with Crippen molar-refractivity contribution in [2.45, 2.75) is 18.4 Å². The number of morpholine rings is 1. The molecule has 38 heavy (non-hydrogen) atoms. The highest BCUT2D eigenvalue weighted by molar-refractivity contribution is 6.02. The van der Waals surface area contributed by atoms with Gasteiger partial charge in [-0.25, -0.2) is 0 Å². The van der Waals surface area contributed by atoms with Crippen molar-refractivity contribution in [2.24, 2.45) is 0 Å². The fourth-order valence-electron chi connectivity index (χ4n) is 5.23. The standard InChI is InChI=1S/C28H37N3O7/c1-30-26(18-7-8-21(34-2)22(15-18)35-3)25(27(32)29-9-6-10-31-11-13-38-14-12-31)19-16-23(36-4)24(37-5)17-20(19)28(30)33/h7-8,15-17,25-26H,6,9-14H2,1-5H3,(H,29,32). The van der Waals surface area contributed by atoms with E-state index in [4.69, 9.17) is 23.7 Å². The van der Waals surface area contributed by atoms with Gasteiger partial charge in [0.05, 0.1) is 53.6 Å². The Labute approximate surface area is 223 Å². The highest BCUT2D eigenvalue weighted by Gasteiger charge is 2.43. The number of rotatable bonds is 10. The molecule has 2 unspecified atom stereocenters. The Hall–Kier alpha value is -3.50. The van der Waals surface area contributed by atoms with Crippen LogP contribution in [0.15, 0.2) is 30.3 Å². The maximum atomic E-state index is 13.9. The molecule has 2 aromatic rings. The third-order valence-corrected chi connectivity index (χ3v) is 7.26. The summed E-state index contributed by atoms with van der Waals surface area (Å²) in [6, 6.07) is 8.28. The Kier molecular flexibility index (Phi) is 8.96. The van der Waals surface area contributed by atoms with E-state index in [1.165, 1.54) is 14.2 Å². The van der Waals surface area contributed by atoms with Crippen LogP contribution in [-0.2, 0) is 9.53 Å². The summed E-state index contributed by atoms with van der Waals surface area (Å²) >= 11 is 0. The first-order valence-corrected chi connectivity index (χ1v) is 12.8. The molecule has 2 aromatic carbocycles. The van der Waals surface area contributed by atoms with Crippen LogP contribution >= 0.6 is 0 Å². The Morgan fingerprint density at radius 1 is 0.947 bits per heavy atom. The van der Waals surface area contributed by atoms with E-state index in [9.17, 15) is 9.59 Å². The highest BCUT2D eigenvalue weighted by atomic mass is 16.5. The zero-order chi connectivity index (χ0) is 27.2. The summed E-state index contributed by atoms with van der Waals surface area (Å²) in [5.74, 6) is 0.915. The first-order chi connectivity index (χ1) is 18.4. The normalized spacial score (nSPS) is 19.5. The van der Waals surface area contributed by atoms with E-state index in [1.54, 1.807) is 44.4 Å². The molecule has 2 heterocycles. The number of benzene rings is 2. The smallest absolute Gasteiger partial charge is 0.254 e. The van der Waals surface area contributed by atoms with E-state index in [1.807, 2.05) is 12.1 Å². The molecule has 1 N–H and O–H groups in total. The van der Waals surface area contributed by atoms with Crippen molar-refractivity contribution in [3.05, 3.63) is 47.0 Å². The van der Waals surface area contributed by atoms with Crippen LogP contribution in [0.1, 0.15) is 39.9 Å². The zero-order valence-corrected chi connectivity index (χ0v) is 22.7. The topological polar surface area (TPSA) is 98.8 Å². The summed E-state index contributed by atoms with van der Waals surface area (Å²) in [7, 11) is 7.89. The molecule has 0 aromatic heterocycles. The second-order valence-electron chi connectivity index (χ2n) is 9.35. The molecular formula is C28H37N3O7. The predicted octanol–water partition coefficient (Wildman–Crippen LogP) is 2.47. The lowest BCUT2D eigenvalue weighted by molar-refractivity contribution is -0.124. The number of fused-ring (bicyclic) bond motifs is 1. The van der Waals surface area contributed by atoms with E-state index in [-0.39, 0.29) is 11.8 Å². The van der Waals surface area contributed by atoms with E-state index in [2.05, 4.69) is 10.2 Å². The van der Waals surface area contributed by atoms with Gasteiger partial charge in [0.15, 0.2) is 23.0 Å². The minimum atomic E-state index is -0.686. The van der Waals surface area contributed by atoms with Gasteiger partial charge in [0.25, 0.3) is 5.91 Å². The first-order valence-electron chi connectivity index (χ1n) is 12.8. The second kappa shape index (κ2) is 12.4. The molecule has 1 fully saturated rings. The van der Waals surface area contributed by atoms with E-state index in [0.29, 0.717) is 40.7 Å². The zero-order valence-electron chi connectivity index (χ0n) is 22.7. The minimum Gasteiger partial charge on any atom is -0.493 e. The lowest BCUT2D eigenvalue weighted by atomic mass is 9.79. The van der Waals surface area contributed by atoms with Crippen molar-refractivity contribution >= 4 is 11.8 Å². The van der Waals surface area contributed by atoms with Gasteiger partial charge in [-0.1, -0.05) is 6.07 Å². The SMILES string of the molecule is COc1ccc(C2C(C(=O)NCCCN3CCOCC3)c3cc(OC)c(OC)cc3C(=O)N2C)cc1OC. The third-order valence-electron chi connectivity index (χ3n) is 7.26. The van der Waals surface area contributed by atoms with Crippen LogP contribution in [0.3, 0.4) is 0 Å². The van der Waals surface area contributed by atoms with Gasteiger partial charge in [0.2, 0.25) is 5.91 Å². The molecule has 0 saturated carbocycles. The summed E-state index contributed by atoms with van der Waals surface area (Å²) in [6.45, 7) is 4.69. The van der Waals surface area contributed by atoms with Gasteiger partial charge in [-0.15, -0.1) is 0 Å². The first kappa shape index (κ1) is 27.5. The lowest BCUT2D eigenvalue weighted by Crippen LogP contribution is -2.46. The lowest BCUT2D eigenvalue weighted by Gasteiger charge is -2.40. The maximum Gasteiger partial charge on any atom is 0.254 e. The van der Waals surface area contributed by atoms with Crippen molar-refractivity contribution in [2.75, 3.05) is 74.9 Å². The van der Waals surface area contributed by atoms with Crippen LogP contribution in [0.25, 0.3) is 0 Å². The van der Waals surface area contributed by atoms with Gasteiger partial charge in [0, 0.05) is 32.2 Å². The highest BCUT2D eigenvalue weighted by Crippen LogP contribution is 2.46. The number of hydrogen-bond acceptors (Lipinski definition) is 8. The van der Waals surface area contributed by atoms with Crippen molar-refractivity contribution in [1.29, 1.82) is 0 Å². The number of methoxy groups -OCH3 is 4. The van der Waals surface area contributed by atoms with Gasteiger partial charge in [-0.2, -0.15) is 0 Å². The third kappa shape index (κ3) is 5.51. The van der Waals surface area contributed by atoms with Gasteiger partial charge in [0.1, 0.15) is 0 Å². The van der Waals surface area contributed by atoms with Crippen LogP contribution in [0.5, 0.6) is 23.0 Å². The molecule has 10 nitrogen and oxygen atoms in total. The molecule has 2 aliphatic heterocycles. The molecule has 2 aliphatic rings. The molecule has 10 heteroatoms. The summed E-state index contributed by atoms with van der Waals surface area (Å²) in [5.41, 5.74) is 1.76. The molecule has 206 valence electrons. The number of nitrogens with zero attached hydrogens (tertiary/aromatic N) is 2. The van der Waals surface area contributed by atoms with Crippen LogP contribution < -0.4 is 24.3 Å². The van der Waals surface area contributed by atoms with Crippen LogP contribution in [0.2, 0.25) is 0 Å². The average molecular weight is 528 g/mol. The van der Waals surface area contributed by atoms with Crippen LogP contribution in [0.4, 0.5) is 0 Å². The second-order valence-corrected chi connectivity index (χ2v) is 9.35. The summed E-state index contributed by atoms with van der Waals surface area (Å²) in [5, 5.41) is 3.12. The maximum absolute atomic E-state index is 13.9. The molecule has 2 amide bonds. The Balaban J connectivity index is 1.69. The number of hydrogen-bond donors (Lipinski definition) is 1. The number of carbonyl (C=O) groups excluding carboxylic acids is 2. The van der Waals surface area contributed by atoms with E-state index < -0.39 is 12.0 Å². The molecule has 0 radical (unpaired) electrons. The number of amides is 2. The van der Waals surface area contributed by atoms with E-state index in [0.717, 1.165) is 44.8 Å². The van der Waals surface area contributed by atoms with Crippen molar-refractivity contribution in [1.82, 2.24) is 15.1 Å². The molecule has 2 atom stereocenters. The monoisotopic (exact) mass is 527 g/mol. The molecule has 4 rings (SSSR count). The van der Waals surface area contributed by atoms with E-state index >= 15 is 0 Å². The Morgan fingerprint density at radius 2 is 1.58 bits per heavy atom. The summed E-state index contributed by atoms with van der Waals surface area (Å²) in [4.78, 5) is 31.4. The predicted molar refractivity (Wildman–Crippen MR) is 142 cm³/mol.